The van der Waals surface area contributed by atoms with Crippen molar-refractivity contribution in [2.24, 2.45) is 7.05 Å². The Labute approximate surface area is 132 Å². The van der Waals surface area contributed by atoms with E-state index in [1.165, 1.54) is 7.05 Å². The number of aryl methyl sites for hydroxylation is 1. The average molecular weight is 312 g/mol. The van der Waals surface area contributed by atoms with Crippen molar-refractivity contribution < 1.29 is 4.74 Å². The molecule has 7 heteroatoms. The van der Waals surface area contributed by atoms with Crippen molar-refractivity contribution >= 4 is 0 Å². The van der Waals surface area contributed by atoms with Crippen molar-refractivity contribution in [1.29, 1.82) is 0 Å². The highest BCUT2D eigenvalue weighted by molar-refractivity contribution is 5.67. The summed E-state index contributed by atoms with van der Waals surface area (Å²) in [6, 6.07) is 9.08. The molecule has 7 nitrogen and oxygen atoms in total. The van der Waals surface area contributed by atoms with Crippen LogP contribution in [-0.2, 0) is 13.6 Å². The van der Waals surface area contributed by atoms with Crippen LogP contribution in [0.2, 0.25) is 0 Å². The summed E-state index contributed by atoms with van der Waals surface area (Å²) in [6.07, 6.45) is 0. The molecule has 0 atom stereocenters. The van der Waals surface area contributed by atoms with Crippen LogP contribution >= 0.6 is 0 Å². The van der Waals surface area contributed by atoms with E-state index in [0.717, 1.165) is 10.1 Å². The first-order valence-corrected chi connectivity index (χ1v) is 7.18. The van der Waals surface area contributed by atoms with Crippen molar-refractivity contribution in [1.82, 2.24) is 19.3 Å². The van der Waals surface area contributed by atoms with E-state index in [0.29, 0.717) is 29.4 Å². The fourth-order valence-electron chi connectivity index (χ4n) is 2.40. The predicted molar refractivity (Wildman–Crippen MR) is 85.8 cm³/mol. The van der Waals surface area contributed by atoms with Gasteiger partial charge in [0.1, 0.15) is 5.75 Å². The van der Waals surface area contributed by atoms with Crippen LogP contribution in [0.15, 0.2) is 39.9 Å². The number of fused-ring (bicyclic) bond motifs is 1. The van der Waals surface area contributed by atoms with Gasteiger partial charge in [0.25, 0.3) is 5.56 Å². The summed E-state index contributed by atoms with van der Waals surface area (Å²) < 4.78 is 7.79. The summed E-state index contributed by atoms with van der Waals surface area (Å²) in [4.78, 5) is 28.1. The highest BCUT2D eigenvalue weighted by Crippen LogP contribution is 2.25. The lowest BCUT2D eigenvalue weighted by Crippen LogP contribution is -2.36. The number of aromatic nitrogens is 4. The molecule has 0 saturated heterocycles. The van der Waals surface area contributed by atoms with Gasteiger partial charge in [0.2, 0.25) is 0 Å². The standard InChI is InChI=1S/C16H16N4O3/c1-4-20-14-12(15(21)19(2)16(22)17-14)9-13(18-20)10-6-5-7-11(8-10)23-3/h5-9H,4H2,1-3H3. The smallest absolute Gasteiger partial charge is 0.352 e. The summed E-state index contributed by atoms with van der Waals surface area (Å²) in [5.41, 5.74) is 0.841. The molecule has 2 heterocycles. The molecule has 0 aromatic heterocycles. The molecular formula is C16H16N4O3. The number of nitrogens with zero attached hydrogens (tertiary/aromatic N) is 4. The van der Waals surface area contributed by atoms with Gasteiger partial charge in [0.05, 0.1) is 18.4 Å². The molecule has 0 fully saturated rings. The zero-order valence-corrected chi connectivity index (χ0v) is 13.1. The molecule has 0 amide bonds. The van der Waals surface area contributed by atoms with E-state index in [9.17, 15) is 9.59 Å². The van der Waals surface area contributed by atoms with Gasteiger partial charge >= 0.3 is 5.69 Å². The SMILES string of the molecule is CCn1nc(-c2cccc(OC)c2)cc2c(=O)n(C)c(=O)nc1-2. The Morgan fingerprint density at radius 3 is 2.70 bits per heavy atom. The highest BCUT2D eigenvalue weighted by Gasteiger charge is 2.18. The minimum atomic E-state index is -0.583. The minimum absolute atomic E-state index is 0.298. The summed E-state index contributed by atoms with van der Waals surface area (Å²) in [5, 5.41) is 4.49. The molecule has 3 rings (SSSR count). The van der Waals surface area contributed by atoms with Crippen LogP contribution in [-0.4, -0.2) is 26.4 Å². The number of rotatable bonds is 3. The maximum atomic E-state index is 12.4. The third kappa shape index (κ3) is 2.50. The van der Waals surface area contributed by atoms with E-state index in [1.807, 2.05) is 31.2 Å². The zero-order chi connectivity index (χ0) is 16.6. The van der Waals surface area contributed by atoms with E-state index in [4.69, 9.17) is 4.74 Å². The Bertz CT molecular complexity index is 958. The number of hydrogen-bond acceptors (Lipinski definition) is 5. The topological polar surface area (TPSA) is 79.0 Å². The summed E-state index contributed by atoms with van der Waals surface area (Å²) in [7, 11) is 3.01. The Kier molecular flexibility index (Phi) is 3.69. The van der Waals surface area contributed by atoms with Gasteiger partial charge in [0, 0.05) is 19.2 Å². The number of hydrogen-bond donors (Lipinski definition) is 0. The third-order valence-corrected chi connectivity index (χ3v) is 3.68. The predicted octanol–water partition coefficient (Wildman–Crippen LogP) is 1.14. The molecule has 0 bridgehead atoms. The fraction of sp³-hybridized carbons (Fsp3) is 0.250. The lowest BCUT2D eigenvalue weighted by atomic mass is 10.1. The molecule has 0 spiro atoms. The maximum Gasteiger partial charge on any atom is 0.352 e. The van der Waals surface area contributed by atoms with Crippen LogP contribution in [0.4, 0.5) is 0 Å². The Balaban J connectivity index is 2.33. The monoisotopic (exact) mass is 312 g/mol. The van der Waals surface area contributed by atoms with Crippen LogP contribution in [0, 0.1) is 0 Å². The highest BCUT2D eigenvalue weighted by atomic mass is 16.5. The van der Waals surface area contributed by atoms with E-state index >= 15 is 0 Å². The number of methoxy groups -OCH3 is 1. The Morgan fingerprint density at radius 2 is 2.00 bits per heavy atom. The largest absolute Gasteiger partial charge is 0.497 e. The third-order valence-electron chi connectivity index (χ3n) is 3.68. The second-order valence-corrected chi connectivity index (χ2v) is 5.07. The van der Waals surface area contributed by atoms with Crippen molar-refractivity contribution in [2.45, 2.75) is 13.5 Å². The van der Waals surface area contributed by atoms with Gasteiger partial charge in [-0.05, 0) is 25.1 Å². The number of ether oxygens (including phenoxy) is 1. The molecule has 0 N–H and O–H groups in total. The van der Waals surface area contributed by atoms with Gasteiger partial charge in [0.15, 0.2) is 5.82 Å². The van der Waals surface area contributed by atoms with Gasteiger partial charge in [-0.15, -0.1) is 0 Å². The van der Waals surface area contributed by atoms with Crippen LogP contribution in [0.5, 0.6) is 5.75 Å². The van der Waals surface area contributed by atoms with Crippen molar-refractivity contribution in [2.75, 3.05) is 7.11 Å². The quantitative estimate of drug-likeness (QED) is 0.724. The lowest BCUT2D eigenvalue weighted by molar-refractivity contribution is 0.415. The van der Waals surface area contributed by atoms with Crippen LogP contribution in [0.3, 0.4) is 0 Å². The molecule has 0 unspecified atom stereocenters. The molecule has 118 valence electrons. The summed E-state index contributed by atoms with van der Waals surface area (Å²) in [5.74, 6) is 1.00. The zero-order valence-electron chi connectivity index (χ0n) is 13.1. The van der Waals surface area contributed by atoms with Gasteiger partial charge in [-0.3, -0.25) is 9.36 Å². The first-order chi connectivity index (χ1) is 11.0. The summed E-state index contributed by atoms with van der Waals surface area (Å²) in [6.45, 7) is 2.37. The van der Waals surface area contributed by atoms with Gasteiger partial charge < -0.3 is 4.74 Å². The summed E-state index contributed by atoms with van der Waals surface area (Å²) >= 11 is 0. The lowest BCUT2D eigenvalue weighted by Gasteiger charge is -2.14. The molecule has 2 aliphatic heterocycles. The molecule has 2 aliphatic rings. The molecule has 1 aromatic rings. The van der Waals surface area contributed by atoms with Gasteiger partial charge in [-0.2, -0.15) is 10.1 Å². The fourth-order valence-corrected chi connectivity index (χ4v) is 2.40. The molecule has 0 saturated carbocycles. The van der Waals surface area contributed by atoms with Crippen molar-refractivity contribution in [3.05, 3.63) is 51.2 Å². The second kappa shape index (κ2) is 5.68. The maximum absolute atomic E-state index is 12.4. The average Bonchev–Trinajstić information content (AvgIpc) is 2.59. The van der Waals surface area contributed by atoms with Crippen LogP contribution < -0.4 is 16.0 Å². The van der Waals surface area contributed by atoms with E-state index in [1.54, 1.807) is 17.9 Å². The van der Waals surface area contributed by atoms with E-state index in [-0.39, 0.29) is 5.56 Å². The van der Waals surface area contributed by atoms with Gasteiger partial charge in [-0.25, -0.2) is 9.48 Å². The second-order valence-electron chi connectivity index (χ2n) is 5.07. The van der Waals surface area contributed by atoms with Crippen molar-refractivity contribution in [3.8, 4) is 28.4 Å². The minimum Gasteiger partial charge on any atom is -0.497 e. The first-order valence-electron chi connectivity index (χ1n) is 7.18. The molecule has 0 aliphatic carbocycles. The van der Waals surface area contributed by atoms with Crippen LogP contribution in [0.25, 0.3) is 22.6 Å². The molecule has 23 heavy (non-hydrogen) atoms. The molecule has 0 radical (unpaired) electrons. The normalized spacial score (nSPS) is 10.9. The van der Waals surface area contributed by atoms with E-state index < -0.39 is 5.69 Å². The van der Waals surface area contributed by atoms with E-state index in [2.05, 4.69) is 10.1 Å². The Morgan fingerprint density at radius 1 is 1.22 bits per heavy atom. The molecular weight excluding hydrogens is 296 g/mol. The first kappa shape index (κ1) is 15.0. The van der Waals surface area contributed by atoms with Crippen LogP contribution in [0.1, 0.15) is 6.92 Å². The Hall–Kier alpha value is -2.96. The van der Waals surface area contributed by atoms with Gasteiger partial charge in [-0.1, -0.05) is 12.1 Å². The number of benzene rings is 1. The van der Waals surface area contributed by atoms with Crippen molar-refractivity contribution in [3.63, 3.8) is 0 Å². The molecule has 1 aromatic carbocycles.